The van der Waals surface area contributed by atoms with Gasteiger partial charge in [0.15, 0.2) is 5.00 Å². The normalized spacial score (nSPS) is 10.5. The van der Waals surface area contributed by atoms with Crippen LogP contribution >= 0.6 is 11.5 Å². The van der Waals surface area contributed by atoms with Crippen molar-refractivity contribution in [2.45, 2.75) is 20.8 Å². The van der Waals surface area contributed by atoms with Gasteiger partial charge in [-0.05, 0) is 56.6 Å². The van der Waals surface area contributed by atoms with Crippen LogP contribution in [0.2, 0.25) is 0 Å². The Morgan fingerprint density at radius 1 is 1.06 bits per heavy atom. The maximum atomic E-state index is 11.7. The third-order valence-corrected chi connectivity index (χ3v) is 5.14. The topological polar surface area (TPSA) is 117 Å². The van der Waals surface area contributed by atoms with E-state index in [9.17, 15) is 14.9 Å². The first kappa shape index (κ1) is 25.4. The molecular weight excluding hydrogens is 442 g/mol. The Kier molecular flexibility index (Phi) is 9.45. The fourth-order valence-electron chi connectivity index (χ4n) is 2.50. The second-order valence-electron chi connectivity index (χ2n) is 7.10. The fourth-order valence-corrected chi connectivity index (χ4v) is 3.18. The highest BCUT2D eigenvalue weighted by atomic mass is 32.1. The van der Waals surface area contributed by atoms with Crippen molar-refractivity contribution in [2.75, 3.05) is 31.2 Å². The molecule has 0 bridgehead atoms. The van der Waals surface area contributed by atoms with E-state index in [0.29, 0.717) is 46.2 Å². The van der Waals surface area contributed by atoms with Gasteiger partial charge in [-0.15, -0.1) is 10.2 Å². The molecule has 172 valence electrons. The summed E-state index contributed by atoms with van der Waals surface area (Å²) in [5, 5.41) is 18.0. The van der Waals surface area contributed by atoms with Gasteiger partial charge in [0.2, 0.25) is 0 Å². The van der Waals surface area contributed by atoms with E-state index in [4.69, 9.17) is 9.47 Å². The van der Waals surface area contributed by atoms with E-state index in [1.165, 1.54) is 0 Å². The number of azo groups is 1. The van der Waals surface area contributed by atoms with E-state index in [2.05, 4.69) is 33.8 Å². The number of carbonyl (C=O) groups excluding carboxylic acids is 2. The molecular formula is C23H25N5O4S. The zero-order chi connectivity index (χ0) is 24.4. The number of ether oxygens (including phenoxy) is 2. The van der Waals surface area contributed by atoms with E-state index in [1.54, 1.807) is 32.9 Å². The van der Waals surface area contributed by atoms with Gasteiger partial charge in [0.25, 0.3) is 0 Å². The SMILES string of the molecule is C=C(C)C(=O)OCCN(CCOC(=O)C(=C)C)c1ccc(N=Nc2snc(C)c2C#N)cc1. The summed E-state index contributed by atoms with van der Waals surface area (Å²) in [6.07, 6.45) is 0. The average Bonchev–Trinajstić information content (AvgIpc) is 3.15. The first-order valence-corrected chi connectivity index (χ1v) is 10.8. The van der Waals surface area contributed by atoms with E-state index in [0.717, 1.165) is 17.2 Å². The lowest BCUT2D eigenvalue weighted by Gasteiger charge is -2.24. The van der Waals surface area contributed by atoms with Crippen molar-refractivity contribution in [3.8, 4) is 6.07 Å². The molecule has 9 nitrogen and oxygen atoms in total. The molecule has 2 rings (SSSR count). The van der Waals surface area contributed by atoms with Crippen LogP contribution < -0.4 is 4.90 Å². The number of esters is 2. The lowest BCUT2D eigenvalue weighted by atomic mass is 10.2. The Labute approximate surface area is 196 Å². The zero-order valence-corrected chi connectivity index (χ0v) is 19.6. The van der Waals surface area contributed by atoms with Crippen molar-refractivity contribution in [2.24, 2.45) is 10.2 Å². The number of hydrogen-bond acceptors (Lipinski definition) is 10. The van der Waals surface area contributed by atoms with Gasteiger partial charge in [-0.2, -0.15) is 9.64 Å². The third kappa shape index (κ3) is 7.66. The van der Waals surface area contributed by atoms with Gasteiger partial charge in [0.05, 0.1) is 24.5 Å². The Balaban J connectivity index is 2.08. The van der Waals surface area contributed by atoms with Crippen LogP contribution in [0.15, 0.2) is 58.8 Å². The van der Waals surface area contributed by atoms with Crippen molar-refractivity contribution in [1.29, 1.82) is 5.26 Å². The predicted octanol–water partition coefficient (Wildman–Crippen LogP) is 4.78. The number of benzene rings is 1. The summed E-state index contributed by atoms with van der Waals surface area (Å²) >= 11 is 1.12. The molecule has 0 saturated carbocycles. The smallest absolute Gasteiger partial charge is 0.333 e. The number of aromatic nitrogens is 1. The van der Waals surface area contributed by atoms with Gasteiger partial charge in [-0.1, -0.05) is 13.2 Å². The monoisotopic (exact) mass is 467 g/mol. The average molecular weight is 468 g/mol. The molecule has 0 radical (unpaired) electrons. The van der Waals surface area contributed by atoms with Crippen LogP contribution in [-0.2, 0) is 19.1 Å². The van der Waals surface area contributed by atoms with Crippen LogP contribution in [0, 0.1) is 18.3 Å². The number of nitriles is 1. The molecule has 1 heterocycles. The Morgan fingerprint density at radius 3 is 2.09 bits per heavy atom. The molecule has 0 amide bonds. The van der Waals surface area contributed by atoms with Gasteiger partial charge in [0.1, 0.15) is 24.8 Å². The Bertz CT molecular complexity index is 1070. The number of hydrogen-bond donors (Lipinski definition) is 0. The highest BCUT2D eigenvalue weighted by molar-refractivity contribution is 7.10. The Morgan fingerprint density at radius 2 is 1.61 bits per heavy atom. The molecule has 0 unspecified atom stereocenters. The summed E-state index contributed by atoms with van der Waals surface area (Å²) in [4.78, 5) is 25.2. The molecule has 10 heteroatoms. The molecule has 2 aromatic rings. The summed E-state index contributed by atoms with van der Waals surface area (Å²) in [6, 6.07) is 9.28. The lowest BCUT2D eigenvalue weighted by molar-refractivity contribution is -0.139. The van der Waals surface area contributed by atoms with Crippen LogP contribution in [0.5, 0.6) is 0 Å². The van der Waals surface area contributed by atoms with Crippen molar-refractivity contribution in [1.82, 2.24) is 4.37 Å². The molecule has 0 N–H and O–H groups in total. The molecule has 33 heavy (non-hydrogen) atoms. The van der Waals surface area contributed by atoms with E-state index >= 15 is 0 Å². The highest BCUT2D eigenvalue weighted by Crippen LogP contribution is 2.29. The van der Waals surface area contributed by atoms with Crippen molar-refractivity contribution < 1.29 is 19.1 Å². The molecule has 0 saturated heterocycles. The van der Waals surface area contributed by atoms with Crippen LogP contribution in [-0.4, -0.2) is 42.6 Å². The van der Waals surface area contributed by atoms with Gasteiger partial charge in [0, 0.05) is 16.8 Å². The molecule has 0 aliphatic rings. The second kappa shape index (κ2) is 12.3. The van der Waals surface area contributed by atoms with Gasteiger partial charge in [-0.3, -0.25) is 0 Å². The van der Waals surface area contributed by atoms with Crippen LogP contribution in [0.3, 0.4) is 0 Å². The number of anilines is 1. The minimum absolute atomic E-state index is 0.142. The largest absolute Gasteiger partial charge is 0.460 e. The highest BCUT2D eigenvalue weighted by Gasteiger charge is 2.12. The first-order chi connectivity index (χ1) is 15.7. The van der Waals surface area contributed by atoms with Gasteiger partial charge >= 0.3 is 11.9 Å². The van der Waals surface area contributed by atoms with E-state index in [1.807, 2.05) is 17.0 Å². The lowest BCUT2D eigenvalue weighted by Crippen LogP contribution is -2.32. The quantitative estimate of drug-likeness (QED) is 0.265. The van der Waals surface area contributed by atoms with Crippen molar-refractivity contribution >= 4 is 39.8 Å². The van der Waals surface area contributed by atoms with Crippen molar-refractivity contribution in [3.05, 3.63) is 59.8 Å². The number of rotatable bonds is 11. The molecule has 0 spiro atoms. The number of aryl methyl sites for hydroxylation is 1. The summed E-state index contributed by atoms with van der Waals surface area (Å²) in [5.74, 6) is -0.927. The maximum absolute atomic E-state index is 11.7. The van der Waals surface area contributed by atoms with Gasteiger partial charge in [-0.25, -0.2) is 9.59 Å². The van der Waals surface area contributed by atoms with Crippen LogP contribution in [0.1, 0.15) is 25.1 Å². The predicted molar refractivity (Wildman–Crippen MR) is 126 cm³/mol. The molecule has 0 fully saturated rings. The summed E-state index contributed by atoms with van der Waals surface area (Å²) in [7, 11) is 0. The second-order valence-corrected chi connectivity index (χ2v) is 7.85. The molecule has 0 aliphatic carbocycles. The van der Waals surface area contributed by atoms with Crippen LogP contribution in [0.25, 0.3) is 0 Å². The van der Waals surface area contributed by atoms with E-state index < -0.39 is 11.9 Å². The van der Waals surface area contributed by atoms with E-state index in [-0.39, 0.29) is 13.2 Å². The minimum Gasteiger partial charge on any atom is -0.460 e. The van der Waals surface area contributed by atoms with Gasteiger partial charge < -0.3 is 14.4 Å². The molecule has 0 atom stereocenters. The standard InChI is InChI=1S/C23H25N5O4S/c1-15(2)22(29)31-12-10-28(11-13-32-23(30)16(3)4)19-8-6-18(7-9-19)25-26-21-20(14-24)17(5)27-33-21/h6-9H,1,3,10-13H2,2,4-5H3. The third-order valence-electron chi connectivity index (χ3n) is 4.31. The van der Waals surface area contributed by atoms with Crippen molar-refractivity contribution in [3.63, 3.8) is 0 Å². The first-order valence-electron chi connectivity index (χ1n) is 10.0. The maximum Gasteiger partial charge on any atom is 0.333 e. The summed E-state index contributed by atoms with van der Waals surface area (Å²) in [6.45, 7) is 13.1. The fraction of sp³-hybridized carbons (Fsp3) is 0.304. The minimum atomic E-state index is -0.463. The number of carbonyl (C=O) groups is 2. The molecule has 1 aromatic heterocycles. The summed E-state index contributed by atoms with van der Waals surface area (Å²) < 4.78 is 14.5. The Hall–Kier alpha value is -3.84. The molecule has 0 aliphatic heterocycles. The van der Waals surface area contributed by atoms with Crippen LogP contribution in [0.4, 0.5) is 16.4 Å². The number of nitrogens with zero attached hydrogens (tertiary/aromatic N) is 5. The molecule has 1 aromatic carbocycles. The summed E-state index contributed by atoms with van der Waals surface area (Å²) in [5.41, 5.74) is 3.10. The zero-order valence-electron chi connectivity index (χ0n) is 18.8.